The van der Waals surface area contributed by atoms with Crippen LogP contribution in [-0.4, -0.2) is 17.4 Å². The molecule has 0 amide bonds. The van der Waals surface area contributed by atoms with Crippen LogP contribution in [0.15, 0.2) is 54.9 Å². The Morgan fingerprint density at radius 1 is 1.25 bits per heavy atom. The predicted molar refractivity (Wildman–Crippen MR) is 76.0 cm³/mol. The number of hydroxylamine groups is 1. The molecule has 1 aromatic heterocycles. The largest absolute Gasteiger partial charge is 0.300 e. The second-order valence-corrected chi connectivity index (χ2v) is 4.91. The number of anilines is 1. The van der Waals surface area contributed by atoms with Crippen LogP contribution < -0.4 is 5.06 Å². The molecule has 1 fully saturated rings. The Kier molecular flexibility index (Phi) is 3.48. The first-order chi connectivity index (χ1) is 9.77. The zero-order chi connectivity index (χ0) is 13.9. The number of nitrogens with zero attached hydrogens (tertiary/aromatic N) is 2. The topological polar surface area (TPSA) is 42.4 Å². The van der Waals surface area contributed by atoms with Gasteiger partial charge in [-0.1, -0.05) is 24.3 Å². The SMILES string of the molecule is CC(=O)[C@H]1CON(c2ccccc2)[C@@H]1c1cccnc1. The smallest absolute Gasteiger partial charge is 0.137 e. The van der Waals surface area contributed by atoms with Gasteiger partial charge in [0.05, 0.1) is 24.3 Å². The van der Waals surface area contributed by atoms with E-state index in [0.717, 1.165) is 11.3 Å². The number of carbonyl (C=O) groups excluding carboxylic acids is 1. The van der Waals surface area contributed by atoms with Crippen LogP contribution in [0.5, 0.6) is 0 Å². The maximum absolute atomic E-state index is 11.9. The van der Waals surface area contributed by atoms with E-state index >= 15 is 0 Å². The molecule has 0 aliphatic carbocycles. The van der Waals surface area contributed by atoms with E-state index < -0.39 is 0 Å². The Bertz CT molecular complexity index is 586. The molecule has 0 N–H and O–H groups in total. The van der Waals surface area contributed by atoms with Crippen LogP contribution in [0.1, 0.15) is 18.5 Å². The first-order valence-electron chi connectivity index (χ1n) is 6.65. The normalized spacial score (nSPS) is 21.9. The summed E-state index contributed by atoms with van der Waals surface area (Å²) in [7, 11) is 0. The summed E-state index contributed by atoms with van der Waals surface area (Å²) in [4.78, 5) is 21.8. The summed E-state index contributed by atoms with van der Waals surface area (Å²) in [6, 6.07) is 13.6. The van der Waals surface area contributed by atoms with Crippen molar-refractivity contribution in [3.8, 4) is 0 Å². The highest BCUT2D eigenvalue weighted by atomic mass is 16.7. The fourth-order valence-electron chi connectivity index (χ4n) is 2.56. The minimum atomic E-state index is -0.167. The van der Waals surface area contributed by atoms with E-state index in [2.05, 4.69) is 4.98 Å². The predicted octanol–water partition coefficient (Wildman–Crippen LogP) is 2.78. The molecule has 2 heterocycles. The van der Waals surface area contributed by atoms with E-state index in [9.17, 15) is 4.79 Å². The van der Waals surface area contributed by atoms with Crippen LogP contribution in [0.25, 0.3) is 0 Å². The van der Waals surface area contributed by atoms with Crippen LogP contribution >= 0.6 is 0 Å². The molecule has 4 nitrogen and oxygen atoms in total. The molecule has 1 aliphatic rings. The van der Waals surface area contributed by atoms with E-state index in [1.807, 2.05) is 47.5 Å². The molecule has 0 radical (unpaired) electrons. The van der Waals surface area contributed by atoms with Gasteiger partial charge >= 0.3 is 0 Å². The van der Waals surface area contributed by atoms with Crippen LogP contribution in [0.3, 0.4) is 0 Å². The lowest BCUT2D eigenvalue weighted by molar-refractivity contribution is -0.121. The lowest BCUT2D eigenvalue weighted by Crippen LogP contribution is -2.27. The minimum Gasteiger partial charge on any atom is -0.300 e. The molecule has 4 heteroatoms. The number of aromatic nitrogens is 1. The van der Waals surface area contributed by atoms with Gasteiger partial charge in [0.15, 0.2) is 0 Å². The highest BCUT2D eigenvalue weighted by molar-refractivity contribution is 5.80. The van der Waals surface area contributed by atoms with Gasteiger partial charge in [-0.15, -0.1) is 0 Å². The molecular formula is C16H16N2O2. The zero-order valence-corrected chi connectivity index (χ0v) is 11.3. The second kappa shape index (κ2) is 5.43. The summed E-state index contributed by atoms with van der Waals surface area (Å²) in [5.74, 6) is -0.0308. The molecule has 1 saturated heterocycles. The van der Waals surface area contributed by atoms with Crippen molar-refractivity contribution >= 4 is 11.5 Å². The van der Waals surface area contributed by atoms with E-state index in [4.69, 9.17) is 4.84 Å². The number of hydrogen-bond acceptors (Lipinski definition) is 4. The monoisotopic (exact) mass is 268 g/mol. The third kappa shape index (κ3) is 2.30. The highest BCUT2D eigenvalue weighted by Gasteiger charge is 2.39. The van der Waals surface area contributed by atoms with Crippen molar-refractivity contribution in [1.29, 1.82) is 0 Å². The average molecular weight is 268 g/mol. The standard InChI is InChI=1S/C16H16N2O2/c1-12(19)15-11-20-18(14-7-3-2-4-8-14)16(15)13-6-5-9-17-10-13/h2-10,15-16H,11H2,1H3/t15-,16-/m1/s1. The number of para-hydroxylation sites is 1. The summed E-state index contributed by atoms with van der Waals surface area (Å²) in [5.41, 5.74) is 1.94. The number of carbonyl (C=O) groups is 1. The van der Waals surface area contributed by atoms with Crippen molar-refractivity contribution in [3.05, 3.63) is 60.4 Å². The average Bonchev–Trinajstić information content (AvgIpc) is 2.94. The first kappa shape index (κ1) is 12.8. The first-order valence-corrected chi connectivity index (χ1v) is 6.65. The van der Waals surface area contributed by atoms with Crippen molar-refractivity contribution in [2.24, 2.45) is 5.92 Å². The molecule has 0 spiro atoms. The highest BCUT2D eigenvalue weighted by Crippen LogP contribution is 2.38. The lowest BCUT2D eigenvalue weighted by Gasteiger charge is -2.26. The van der Waals surface area contributed by atoms with Crippen LogP contribution in [-0.2, 0) is 9.63 Å². The zero-order valence-electron chi connectivity index (χ0n) is 11.3. The third-order valence-corrected chi connectivity index (χ3v) is 3.59. The summed E-state index contributed by atoms with van der Waals surface area (Å²) in [6.07, 6.45) is 3.53. The Hall–Kier alpha value is -2.20. The van der Waals surface area contributed by atoms with Crippen molar-refractivity contribution in [2.75, 3.05) is 11.7 Å². The van der Waals surface area contributed by atoms with Crippen LogP contribution in [0, 0.1) is 5.92 Å². The molecular weight excluding hydrogens is 252 g/mol. The number of hydrogen-bond donors (Lipinski definition) is 0. The van der Waals surface area contributed by atoms with Gasteiger partial charge in [-0.2, -0.15) is 0 Å². The van der Waals surface area contributed by atoms with Gasteiger partial charge in [0.25, 0.3) is 0 Å². The van der Waals surface area contributed by atoms with Crippen molar-refractivity contribution in [1.82, 2.24) is 4.98 Å². The molecule has 1 aliphatic heterocycles. The Labute approximate surface area is 118 Å². The van der Waals surface area contributed by atoms with Gasteiger partial charge in [0.2, 0.25) is 0 Å². The van der Waals surface area contributed by atoms with Gasteiger partial charge in [-0.25, -0.2) is 5.06 Å². The molecule has 2 aromatic rings. The van der Waals surface area contributed by atoms with Crippen molar-refractivity contribution < 1.29 is 9.63 Å². The minimum absolute atomic E-state index is 0.122. The maximum Gasteiger partial charge on any atom is 0.137 e. The van der Waals surface area contributed by atoms with Gasteiger partial charge < -0.3 is 0 Å². The molecule has 0 saturated carbocycles. The maximum atomic E-state index is 11.9. The number of benzene rings is 1. The molecule has 20 heavy (non-hydrogen) atoms. The van der Waals surface area contributed by atoms with E-state index in [-0.39, 0.29) is 17.7 Å². The van der Waals surface area contributed by atoms with Crippen molar-refractivity contribution in [3.63, 3.8) is 0 Å². The third-order valence-electron chi connectivity index (χ3n) is 3.59. The van der Waals surface area contributed by atoms with Gasteiger partial charge in [-0.05, 0) is 30.7 Å². The summed E-state index contributed by atoms with van der Waals surface area (Å²) in [5, 5.41) is 1.82. The van der Waals surface area contributed by atoms with E-state index in [0.29, 0.717) is 6.61 Å². The molecule has 3 rings (SSSR count). The molecule has 1 aromatic carbocycles. The van der Waals surface area contributed by atoms with Crippen molar-refractivity contribution in [2.45, 2.75) is 13.0 Å². The number of Topliss-reactive ketones (excluding diaryl/α,β-unsaturated/α-hetero) is 1. The Balaban J connectivity index is 2.00. The summed E-state index contributed by atoms with van der Waals surface area (Å²) < 4.78 is 0. The Morgan fingerprint density at radius 2 is 2.05 bits per heavy atom. The number of rotatable bonds is 3. The van der Waals surface area contributed by atoms with Crippen LogP contribution in [0.4, 0.5) is 5.69 Å². The van der Waals surface area contributed by atoms with E-state index in [1.54, 1.807) is 19.3 Å². The summed E-state index contributed by atoms with van der Waals surface area (Å²) in [6.45, 7) is 2.02. The molecule has 102 valence electrons. The summed E-state index contributed by atoms with van der Waals surface area (Å²) >= 11 is 0. The molecule has 0 bridgehead atoms. The fourth-order valence-corrected chi connectivity index (χ4v) is 2.56. The second-order valence-electron chi connectivity index (χ2n) is 4.91. The van der Waals surface area contributed by atoms with Gasteiger partial charge in [0, 0.05) is 12.4 Å². The Morgan fingerprint density at radius 3 is 2.70 bits per heavy atom. The lowest BCUT2D eigenvalue weighted by atomic mass is 9.92. The van der Waals surface area contributed by atoms with Gasteiger partial charge in [-0.3, -0.25) is 14.6 Å². The molecule has 2 atom stereocenters. The fraction of sp³-hybridized carbons (Fsp3) is 0.250. The molecule has 0 unspecified atom stereocenters. The number of pyridine rings is 1. The van der Waals surface area contributed by atoms with Gasteiger partial charge in [0.1, 0.15) is 5.78 Å². The van der Waals surface area contributed by atoms with Crippen LogP contribution in [0.2, 0.25) is 0 Å². The van der Waals surface area contributed by atoms with E-state index in [1.165, 1.54) is 0 Å². The quantitative estimate of drug-likeness (QED) is 0.858. The number of ketones is 1.